The van der Waals surface area contributed by atoms with Crippen LogP contribution < -0.4 is 10.2 Å². The van der Waals surface area contributed by atoms with Gasteiger partial charge in [0.1, 0.15) is 5.82 Å². The molecular formula is C21H29ClFN5O. The van der Waals surface area contributed by atoms with Gasteiger partial charge in [-0.2, -0.15) is 0 Å². The van der Waals surface area contributed by atoms with Crippen LogP contribution in [0.15, 0.2) is 35.5 Å². The molecule has 0 radical (unpaired) electrons. The van der Waals surface area contributed by atoms with Crippen molar-refractivity contribution in [2.24, 2.45) is 12.0 Å². The highest BCUT2D eigenvalue weighted by Gasteiger charge is 2.15. The second kappa shape index (κ2) is 9.98. The molecule has 3 rings (SSSR count). The van der Waals surface area contributed by atoms with E-state index in [9.17, 15) is 4.39 Å². The van der Waals surface area contributed by atoms with Gasteiger partial charge in [0.05, 0.1) is 37.0 Å². The molecule has 8 heteroatoms. The van der Waals surface area contributed by atoms with Gasteiger partial charge in [-0.25, -0.2) is 9.38 Å². The van der Waals surface area contributed by atoms with E-state index < -0.39 is 0 Å². The number of rotatable bonds is 6. The molecule has 2 aromatic rings. The number of halogens is 2. The lowest BCUT2D eigenvalue weighted by atomic mass is 10.1. The molecule has 1 aliphatic rings. The number of guanidine groups is 1. The summed E-state index contributed by atoms with van der Waals surface area (Å²) >= 11 is 6.08. The monoisotopic (exact) mass is 421 g/mol. The molecule has 6 nitrogen and oxygen atoms in total. The minimum Gasteiger partial charge on any atom is -0.378 e. The Kier molecular flexibility index (Phi) is 7.39. The van der Waals surface area contributed by atoms with Crippen LogP contribution in [0.5, 0.6) is 0 Å². The molecule has 1 aromatic heterocycles. The number of aliphatic imine (C=N–C) groups is 1. The molecule has 158 valence electrons. The van der Waals surface area contributed by atoms with E-state index in [0.717, 1.165) is 23.8 Å². The van der Waals surface area contributed by atoms with Gasteiger partial charge >= 0.3 is 0 Å². The topological polar surface area (TPSA) is 45.0 Å². The van der Waals surface area contributed by atoms with Crippen molar-refractivity contribution in [3.05, 3.63) is 52.6 Å². The van der Waals surface area contributed by atoms with Gasteiger partial charge in [0.15, 0.2) is 5.96 Å². The van der Waals surface area contributed by atoms with Crippen molar-refractivity contribution in [1.29, 1.82) is 0 Å². The first kappa shape index (κ1) is 21.5. The minimum absolute atomic E-state index is 0.212. The molecule has 0 aliphatic carbocycles. The molecule has 1 aromatic carbocycles. The van der Waals surface area contributed by atoms with Gasteiger partial charge < -0.3 is 24.4 Å². The maximum atomic E-state index is 14.6. The Bertz CT molecular complexity index is 848. The number of aryl methyl sites for hydroxylation is 1. The summed E-state index contributed by atoms with van der Waals surface area (Å²) in [6.07, 6.45) is 1.88. The van der Waals surface area contributed by atoms with E-state index in [-0.39, 0.29) is 5.82 Å². The number of morpholine rings is 1. The fourth-order valence-corrected chi connectivity index (χ4v) is 3.66. The van der Waals surface area contributed by atoms with Gasteiger partial charge in [0, 0.05) is 45.6 Å². The normalized spacial score (nSPS) is 14.9. The molecule has 1 saturated heterocycles. The fraction of sp³-hybridized carbons (Fsp3) is 0.476. The highest BCUT2D eigenvalue weighted by Crippen LogP contribution is 2.22. The molecule has 0 atom stereocenters. The second-order valence-corrected chi connectivity index (χ2v) is 7.61. The van der Waals surface area contributed by atoms with Crippen molar-refractivity contribution in [1.82, 2.24) is 14.8 Å². The molecule has 1 fully saturated rings. The summed E-state index contributed by atoms with van der Waals surface area (Å²) in [4.78, 5) is 8.75. The molecule has 0 spiro atoms. The highest BCUT2D eigenvalue weighted by atomic mass is 35.5. The van der Waals surface area contributed by atoms with Crippen LogP contribution in [0, 0.1) is 5.82 Å². The number of nitrogens with one attached hydrogen (secondary N) is 1. The lowest BCUT2D eigenvalue weighted by Gasteiger charge is -2.29. The number of aromatic nitrogens is 1. The van der Waals surface area contributed by atoms with Crippen molar-refractivity contribution in [2.45, 2.75) is 20.0 Å². The van der Waals surface area contributed by atoms with Crippen molar-refractivity contribution in [2.75, 3.05) is 44.8 Å². The lowest BCUT2D eigenvalue weighted by Crippen LogP contribution is -2.38. The first-order valence-corrected chi connectivity index (χ1v) is 10.3. The average molecular weight is 422 g/mol. The van der Waals surface area contributed by atoms with E-state index in [0.29, 0.717) is 50.1 Å². The van der Waals surface area contributed by atoms with E-state index in [1.165, 1.54) is 0 Å². The summed E-state index contributed by atoms with van der Waals surface area (Å²) in [5, 5.41) is 4.01. The van der Waals surface area contributed by atoms with Gasteiger partial charge in [-0.15, -0.1) is 0 Å². The van der Waals surface area contributed by atoms with Gasteiger partial charge in [-0.05, 0) is 30.7 Å². The van der Waals surface area contributed by atoms with Gasteiger partial charge in [-0.3, -0.25) is 0 Å². The zero-order valence-corrected chi connectivity index (χ0v) is 18.0. The summed E-state index contributed by atoms with van der Waals surface area (Å²) in [5.41, 5.74) is 2.56. The van der Waals surface area contributed by atoms with Crippen LogP contribution >= 0.6 is 11.6 Å². The summed E-state index contributed by atoms with van der Waals surface area (Å²) in [6.45, 7) is 6.55. The van der Waals surface area contributed by atoms with Gasteiger partial charge in [0.2, 0.25) is 0 Å². The predicted octanol–water partition coefficient (Wildman–Crippen LogP) is 3.25. The lowest BCUT2D eigenvalue weighted by molar-refractivity contribution is 0.122. The largest absolute Gasteiger partial charge is 0.378 e. The molecule has 1 N–H and O–H groups in total. The Morgan fingerprint density at radius 3 is 2.69 bits per heavy atom. The summed E-state index contributed by atoms with van der Waals surface area (Å²) < 4.78 is 22.0. The minimum atomic E-state index is -0.212. The molecule has 0 bridgehead atoms. The number of nitrogens with zero attached hydrogens (tertiary/aromatic N) is 4. The molecule has 0 unspecified atom stereocenters. The third kappa shape index (κ3) is 5.64. The first-order valence-electron chi connectivity index (χ1n) is 9.89. The first-order chi connectivity index (χ1) is 14.0. The summed E-state index contributed by atoms with van der Waals surface area (Å²) in [7, 11) is 3.95. The van der Waals surface area contributed by atoms with Crippen LogP contribution in [0.1, 0.15) is 18.2 Å². The highest BCUT2D eigenvalue weighted by molar-refractivity contribution is 6.30. The molecule has 29 heavy (non-hydrogen) atoms. The maximum Gasteiger partial charge on any atom is 0.194 e. The van der Waals surface area contributed by atoms with E-state index in [2.05, 4.69) is 10.3 Å². The molecule has 1 aliphatic heterocycles. The van der Waals surface area contributed by atoms with E-state index >= 15 is 0 Å². The SMILES string of the molecule is CCNC(=NCc1ccc(N2CCOCC2)c(F)c1)N(C)Cc1cc(Cl)cn1C. The molecule has 2 heterocycles. The van der Waals surface area contributed by atoms with Crippen molar-refractivity contribution in [3.63, 3.8) is 0 Å². The molecular weight excluding hydrogens is 393 g/mol. The standard InChI is InChI=1S/C21H29ClFN5O/c1-4-24-21(27(3)15-18-12-17(22)14-26(18)2)25-13-16-5-6-20(19(23)11-16)28-7-9-29-10-8-28/h5-6,11-12,14H,4,7-10,13,15H2,1-3H3,(H,24,25). The summed E-state index contributed by atoms with van der Waals surface area (Å²) in [5.74, 6) is 0.555. The number of benzene rings is 1. The molecule has 0 saturated carbocycles. The second-order valence-electron chi connectivity index (χ2n) is 7.17. The van der Waals surface area contributed by atoms with Crippen LogP contribution in [-0.2, 0) is 24.9 Å². The number of ether oxygens (including phenoxy) is 1. The zero-order valence-electron chi connectivity index (χ0n) is 17.3. The van der Waals surface area contributed by atoms with E-state index in [1.807, 2.05) is 59.8 Å². The van der Waals surface area contributed by atoms with Crippen LogP contribution in [0.3, 0.4) is 0 Å². The zero-order chi connectivity index (χ0) is 20.8. The third-order valence-corrected chi connectivity index (χ3v) is 5.15. The van der Waals surface area contributed by atoms with Crippen LogP contribution in [0.4, 0.5) is 10.1 Å². The number of hydrogen-bond acceptors (Lipinski definition) is 3. The smallest absolute Gasteiger partial charge is 0.194 e. The Labute approximate surface area is 176 Å². The van der Waals surface area contributed by atoms with Crippen molar-refractivity contribution in [3.8, 4) is 0 Å². The Hall–Kier alpha value is -2.25. The van der Waals surface area contributed by atoms with Gasteiger partial charge in [0.25, 0.3) is 0 Å². The van der Waals surface area contributed by atoms with Crippen LogP contribution in [-0.4, -0.2) is 55.3 Å². The predicted molar refractivity (Wildman–Crippen MR) is 116 cm³/mol. The van der Waals surface area contributed by atoms with E-state index in [4.69, 9.17) is 16.3 Å². The van der Waals surface area contributed by atoms with Crippen LogP contribution in [0.2, 0.25) is 5.02 Å². The van der Waals surface area contributed by atoms with E-state index in [1.54, 1.807) is 6.07 Å². The Balaban J connectivity index is 1.69. The Morgan fingerprint density at radius 2 is 2.07 bits per heavy atom. The summed E-state index contributed by atoms with van der Waals surface area (Å²) in [6, 6.07) is 7.31. The van der Waals surface area contributed by atoms with Crippen molar-refractivity contribution < 1.29 is 9.13 Å². The number of anilines is 1. The van der Waals surface area contributed by atoms with Crippen LogP contribution in [0.25, 0.3) is 0 Å². The fourth-order valence-electron chi connectivity index (χ4n) is 3.39. The maximum absolute atomic E-state index is 14.6. The average Bonchev–Trinajstić information content (AvgIpc) is 3.02. The number of hydrogen-bond donors (Lipinski definition) is 1. The quantitative estimate of drug-likeness (QED) is 0.574. The van der Waals surface area contributed by atoms with Crippen molar-refractivity contribution >= 4 is 23.2 Å². The third-order valence-electron chi connectivity index (χ3n) is 4.95. The Morgan fingerprint density at radius 1 is 1.31 bits per heavy atom. The van der Waals surface area contributed by atoms with Gasteiger partial charge in [-0.1, -0.05) is 17.7 Å². The molecule has 0 amide bonds.